The lowest BCUT2D eigenvalue weighted by Crippen LogP contribution is -1.97. The Morgan fingerprint density at radius 1 is 1.22 bits per heavy atom. The minimum Gasteiger partial charge on any atom is -0.478 e. The van der Waals surface area contributed by atoms with E-state index in [-0.39, 0.29) is 0 Å². The largest absolute Gasteiger partial charge is 0.478 e. The van der Waals surface area contributed by atoms with E-state index in [4.69, 9.17) is 5.11 Å². The van der Waals surface area contributed by atoms with Gasteiger partial charge < -0.3 is 5.11 Å². The molecule has 0 fully saturated rings. The molecule has 3 heteroatoms. The van der Waals surface area contributed by atoms with Gasteiger partial charge in [-0.3, -0.25) is 0 Å². The minimum atomic E-state index is -0.876. The fraction of sp³-hybridized carbons (Fsp3) is 0.133. The SMILES string of the molecule is CC(C=CC=CC=Cc1ccsc1)=C(C)C(=O)O. The molecule has 0 spiro atoms. The first-order chi connectivity index (χ1) is 8.61. The number of hydrogen-bond acceptors (Lipinski definition) is 2. The van der Waals surface area contributed by atoms with Crippen LogP contribution in [0.4, 0.5) is 0 Å². The molecule has 18 heavy (non-hydrogen) atoms. The number of allylic oxidation sites excluding steroid dienone is 6. The predicted octanol–water partition coefficient (Wildman–Crippen LogP) is 4.29. The Morgan fingerprint density at radius 3 is 2.56 bits per heavy atom. The second-order valence-corrected chi connectivity index (χ2v) is 4.55. The number of thiophene rings is 1. The van der Waals surface area contributed by atoms with E-state index in [0.29, 0.717) is 5.57 Å². The van der Waals surface area contributed by atoms with Gasteiger partial charge in [0.15, 0.2) is 0 Å². The summed E-state index contributed by atoms with van der Waals surface area (Å²) < 4.78 is 0. The van der Waals surface area contributed by atoms with Crippen LogP contribution in [0.5, 0.6) is 0 Å². The number of hydrogen-bond donors (Lipinski definition) is 1. The van der Waals surface area contributed by atoms with Crippen LogP contribution in [0.15, 0.2) is 58.4 Å². The van der Waals surface area contributed by atoms with Crippen LogP contribution in [0, 0.1) is 0 Å². The molecule has 0 aromatic carbocycles. The molecule has 1 heterocycles. The Hall–Kier alpha value is -1.87. The van der Waals surface area contributed by atoms with Crippen LogP contribution < -0.4 is 0 Å². The maximum atomic E-state index is 10.7. The molecule has 1 rings (SSSR count). The van der Waals surface area contributed by atoms with Crippen molar-refractivity contribution in [2.75, 3.05) is 0 Å². The lowest BCUT2D eigenvalue weighted by atomic mass is 10.1. The highest BCUT2D eigenvalue weighted by Gasteiger charge is 2.01. The van der Waals surface area contributed by atoms with Crippen LogP contribution in [0.3, 0.4) is 0 Å². The van der Waals surface area contributed by atoms with Crippen LogP contribution >= 0.6 is 11.3 Å². The van der Waals surface area contributed by atoms with Crippen molar-refractivity contribution >= 4 is 23.4 Å². The molecule has 0 unspecified atom stereocenters. The van der Waals surface area contributed by atoms with Gasteiger partial charge in [-0.05, 0) is 41.8 Å². The number of aliphatic carboxylic acids is 1. The summed E-state index contributed by atoms with van der Waals surface area (Å²) >= 11 is 1.67. The quantitative estimate of drug-likeness (QED) is 0.633. The van der Waals surface area contributed by atoms with Crippen LogP contribution in [0.1, 0.15) is 19.4 Å². The summed E-state index contributed by atoms with van der Waals surface area (Å²) in [7, 11) is 0. The molecular weight excluding hydrogens is 244 g/mol. The van der Waals surface area contributed by atoms with E-state index in [1.807, 2.05) is 41.8 Å². The van der Waals surface area contributed by atoms with Crippen LogP contribution in [0.25, 0.3) is 6.08 Å². The fourth-order valence-corrected chi connectivity index (χ4v) is 1.79. The molecule has 1 aromatic rings. The topological polar surface area (TPSA) is 37.3 Å². The van der Waals surface area contributed by atoms with Crippen molar-refractivity contribution in [3.05, 3.63) is 63.9 Å². The summed E-state index contributed by atoms with van der Waals surface area (Å²) in [5, 5.41) is 12.9. The summed E-state index contributed by atoms with van der Waals surface area (Å²) in [4.78, 5) is 10.7. The van der Waals surface area contributed by atoms with Gasteiger partial charge in [0, 0.05) is 5.57 Å². The van der Waals surface area contributed by atoms with Crippen LogP contribution in [-0.4, -0.2) is 11.1 Å². The summed E-state index contributed by atoms with van der Waals surface area (Å²) in [6, 6.07) is 2.05. The molecule has 0 aliphatic carbocycles. The maximum Gasteiger partial charge on any atom is 0.331 e. The van der Waals surface area contributed by atoms with E-state index in [2.05, 4.69) is 5.38 Å². The summed E-state index contributed by atoms with van der Waals surface area (Å²) in [5.41, 5.74) is 2.31. The zero-order valence-corrected chi connectivity index (χ0v) is 11.3. The zero-order chi connectivity index (χ0) is 13.4. The molecule has 0 saturated heterocycles. The highest BCUT2D eigenvalue weighted by molar-refractivity contribution is 7.08. The average Bonchev–Trinajstić information content (AvgIpc) is 2.85. The van der Waals surface area contributed by atoms with Crippen molar-refractivity contribution in [2.24, 2.45) is 0 Å². The van der Waals surface area contributed by atoms with E-state index in [9.17, 15) is 4.79 Å². The first-order valence-electron chi connectivity index (χ1n) is 5.55. The van der Waals surface area contributed by atoms with Gasteiger partial charge >= 0.3 is 5.97 Å². The van der Waals surface area contributed by atoms with E-state index in [1.54, 1.807) is 31.3 Å². The van der Waals surface area contributed by atoms with Gasteiger partial charge in [0.05, 0.1) is 0 Å². The lowest BCUT2D eigenvalue weighted by Gasteiger charge is -1.95. The second-order valence-electron chi connectivity index (χ2n) is 3.77. The molecule has 1 N–H and O–H groups in total. The molecule has 0 aliphatic heterocycles. The molecule has 1 aromatic heterocycles. The molecule has 0 saturated carbocycles. The number of carboxylic acid groups (broad SMARTS) is 1. The second kappa shape index (κ2) is 7.45. The van der Waals surface area contributed by atoms with E-state index in [1.165, 1.54) is 5.56 Å². The zero-order valence-electron chi connectivity index (χ0n) is 10.5. The van der Waals surface area contributed by atoms with E-state index >= 15 is 0 Å². The smallest absolute Gasteiger partial charge is 0.331 e. The molecule has 0 radical (unpaired) electrons. The van der Waals surface area contributed by atoms with Crippen LogP contribution in [0.2, 0.25) is 0 Å². The van der Waals surface area contributed by atoms with Crippen molar-refractivity contribution in [2.45, 2.75) is 13.8 Å². The highest BCUT2D eigenvalue weighted by atomic mass is 32.1. The van der Waals surface area contributed by atoms with Gasteiger partial charge in [0.1, 0.15) is 0 Å². The normalized spacial score (nSPS) is 13.7. The van der Waals surface area contributed by atoms with Crippen molar-refractivity contribution in [1.29, 1.82) is 0 Å². The van der Waals surface area contributed by atoms with E-state index in [0.717, 1.165) is 5.57 Å². The van der Waals surface area contributed by atoms with Gasteiger partial charge in [0.25, 0.3) is 0 Å². The van der Waals surface area contributed by atoms with Crippen molar-refractivity contribution in [3.8, 4) is 0 Å². The average molecular weight is 260 g/mol. The Bertz CT molecular complexity index is 503. The Kier molecular flexibility index (Phi) is 5.88. The first kappa shape index (κ1) is 14.2. The third-order valence-corrected chi connectivity index (χ3v) is 3.13. The number of carbonyl (C=O) groups is 1. The monoisotopic (exact) mass is 260 g/mol. The predicted molar refractivity (Wildman–Crippen MR) is 77.6 cm³/mol. The number of carboxylic acids is 1. The first-order valence-corrected chi connectivity index (χ1v) is 6.50. The number of rotatable bonds is 5. The molecule has 0 bridgehead atoms. The lowest BCUT2D eigenvalue weighted by molar-refractivity contribution is -0.132. The molecule has 0 atom stereocenters. The van der Waals surface area contributed by atoms with Crippen molar-refractivity contribution in [3.63, 3.8) is 0 Å². The highest BCUT2D eigenvalue weighted by Crippen LogP contribution is 2.07. The molecule has 2 nitrogen and oxygen atoms in total. The molecule has 0 amide bonds. The van der Waals surface area contributed by atoms with Crippen LogP contribution in [-0.2, 0) is 4.79 Å². The maximum absolute atomic E-state index is 10.7. The minimum absolute atomic E-state index is 0.369. The van der Waals surface area contributed by atoms with Gasteiger partial charge in [0.2, 0.25) is 0 Å². The van der Waals surface area contributed by atoms with Gasteiger partial charge in [-0.2, -0.15) is 11.3 Å². The molecule has 94 valence electrons. The molecular formula is C15H16O2S. The van der Waals surface area contributed by atoms with Crippen molar-refractivity contribution in [1.82, 2.24) is 0 Å². The van der Waals surface area contributed by atoms with Gasteiger partial charge in [-0.1, -0.05) is 36.5 Å². The van der Waals surface area contributed by atoms with Gasteiger partial charge in [-0.25, -0.2) is 4.79 Å². The molecule has 0 aliphatic rings. The standard InChI is InChI=1S/C15H16O2S/c1-12(13(2)15(16)17)7-5-3-4-6-8-14-9-10-18-11-14/h3-11H,1-2H3,(H,16,17). The van der Waals surface area contributed by atoms with Gasteiger partial charge in [-0.15, -0.1) is 0 Å². The van der Waals surface area contributed by atoms with E-state index < -0.39 is 5.97 Å². The Labute approximate surface area is 111 Å². The fourth-order valence-electron chi connectivity index (χ4n) is 1.16. The Morgan fingerprint density at radius 2 is 1.94 bits per heavy atom. The third-order valence-electron chi connectivity index (χ3n) is 2.42. The summed E-state index contributed by atoms with van der Waals surface area (Å²) in [6.45, 7) is 3.39. The summed E-state index contributed by atoms with van der Waals surface area (Å²) in [6.07, 6.45) is 11.4. The van der Waals surface area contributed by atoms with Crippen molar-refractivity contribution < 1.29 is 9.90 Å². The Balaban J connectivity index is 2.50. The third kappa shape index (κ3) is 4.97. The summed E-state index contributed by atoms with van der Waals surface area (Å²) in [5.74, 6) is -0.876.